The minimum absolute atomic E-state index is 0.465. The van der Waals surface area contributed by atoms with E-state index in [1.807, 2.05) is 0 Å². The zero-order valence-corrected chi connectivity index (χ0v) is 6.36. The van der Waals surface area contributed by atoms with Crippen molar-refractivity contribution in [2.45, 2.75) is 32.6 Å². The number of hydrogen-bond donors (Lipinski definition) is 0. The number of halogens is 1. The summed E-state index contributed by atoms with van der Waals surface area (Å²) in [6, 6.07) is 0. The molecule has 0 aliphatic rings. The van der Waals surface area contributed by atoms with E-state index >= 15 is 0 Å². The molecule has 0 heterocycles. The van der Waals surface area contributed by atoms with E-state index in [2.05, 4.69) is 18.8 Å². The Kier molecular flexibility index (Phi) is 7.60. The fourth-order valence-electron chi connectivity index (χ4n) is 0.626. The van der Waals surface area contributed by atoms with Crippen molar-refractivity contribution < 1.29 is 4.39 Å². The van der Waals surface area contributed by atoms with Crippen LogP contribution < -0.4 is 0 Å². The van der Waals surface area contributed by atoms with Gasteiger partial charge in [0.1, 0.15) is 0 Å². The highest BCUT2D eigenvalue weighted by atomic mass is 19.1. The topological polar surface area (TPSA) is 0 Å². The van der Waals surface area contributed by atoms with Gasteiger partial charge in [-0.3, -0.25) is 0 Å². The number of rotatable bonds is 3. The molecular weight excluding hydrogens is 127 g/mol. The van der Waals surface area contributed by atoms with Gasteiger partial charge in [-0.05, 0) is 6.42 Å². The summed E-state index contributed by atoms with van der Waals surface area (Å²) in [7, 11) is 0. The molecule has 0 unspecified atom stereocenters. The van der Waals surface area contributed by atoms with Gasteiger partial charge in [0.15, 0.2) is 0 Å². The summed E-state index contributed by atoms with van der Waals surface area (Å²) in [6.45, 7) is 2.15. The van der Waals surface area contributed by atoms with E-state index in [0.717, 1.165) is 12.8 Å². The third-order valence-electron chi connectivity index (χ3n) is 1.15. The Morgan fingerprint density at radius 1 is 1.40 bits per heavy atom. The lowest BCUT2D eigenvalue weighted by Gasteiger charge is -1.86. The molecule has 0 atom stereocenters. The first-order chi connectivity index (χ1) is 4.91. The van der Waals surface area contributed by atoms with E-state index in [-0.39, 0.29) is 0 Å². The van der Waals surface area contributed by atoms with E-state index < -0.39 is 0 Å². The van der Waals surface area contributed by atoms with Gasteiger partial charge in [0.05, 0.1) is 6.33 Å². The fourth-order valence-corrected chi connectivity index (χ4v) is 0.626. The monoisotopic (exact) mass is 140 g/mol. The quantitative estimate of drug-likeness (QED) is 0.417. The Labute approximate surface area is 62.1 Å². The smallest absolute Gasteiger partial charge is 0.0950 e. The van der Waals surface area contributed by atoms with Crippen LogP contribution >= 0.6 is 0 Å². The lowest BCUT2D eigenvalue weighted by molar-refractivity contribution is 0.721. The minimum Gasteiger partial charge on any atom is -0.215 e. The van der Waals surface area contributed by atoms with Gasteiger partial charge in [0.25, 0.3) is 0 Å². The molecule has 0 N–H and O–H groups in total. The van der Waals surface area contributed by atoms with Gasteiger partial charge >= 0.3 is 0 Å². The van der Waals surface area contributed by atoms with Crippen molar-refractivity contribution in [2.24, 2.45) is 0 Å². The van der Waals surface area contributed by atoms with Crippen LogP contribution in [0, 0.1) is 11.8 Å². The normalized spacial score (nSPS) is 9.40. The van der Waals surface area contributed by atoms with Crippen LogP contribution in [0.4, 0.5) is 4.39 Å². The molecule has 0 radical (unpaired) electrons. The van der Waals surface area contributed by atoms with Gasteiger partial charge in [-0.25, -0.2) is 4.39 Å². The Balaban J connectivity index is 3.12. The molecule has 0 spiro atoms. The molecule has 0 aliphatic carbocycles. The Bertz CT molecular complexity index is 137. The van der Waals surface area contributed by atoms with Gasteiger partial charge in [-0.15, -0.1) is 0 Å². The van der Waals surface area contributed by atoms with Crippen molar-refractivity contribution in [1.29, 1.82) is 0 Å². The van der Waals surface area contributed by atoms with Crippen LogP contribution in [0.2, 0.25) is 0 Å². The molecule has 10 heavy (non-hydrogen) atoms. The zero-order chi connectivity index (χ0) is 7.66. The van der Waals surface area contributed by atoms with Crippen molar-refractivity contribution in [1.82, 2.24) is 0 Å². The van der Waals surface area contributed by atoms with Crippen molar-refractivity contribution in [3.8, 4) is 11.8 Å². The number of unbranched alkanes of at least 4 members (excludes halogenated alkanes) is 3. The Hall–Kier alpha value is -0.770. The summed E-state index contributed by atoms with van der Waals surface area (Å²) in [5, 5.41) is 0. The summed E-state index contributed by atoms with van der Waals surface area (Å²) in [4.78, 5) is 0. The summed E-state index contributed by atoms with van der Waals surface area (Å²) < 4.78 is 11.3. The van der Waals surface area contributed by atoms with Crippen LogP contribution in [0.5, 0.6) is 0 Å². The molecule has 56 valence electrons. The molecule has 0 rings (SSSR count). The summed E-state index contributed by atoms with van der Waals surface area (Å²) in [5.74, 6) is 5.43. The molecule has 1 heteroatoms. The number of hydrogen-bond acceptors (Lipinski definition) is 0. The third-order valence-corrected chi connectivity index (χ3v) is 1.15. The van der Waals surface area contributed by atoms with Crippen LogP contribution in [0.15, 0.2) is 12.4 Å². The first kappa shape index (κ1) is 9.23. The van der Waals surface area contributed by atoms with Crippen LogP contribution in [0.25, 0.3) is 0 Å². The fraction of sp³-hybridized carbons (Fsp3) is 0.556. The maximum atomic E-state index is 11.3. The van der Waals surface area contributed by atoms with Crippen LogP contribution in [0.3, 0.4) is 0 Å². The van der Waals surface area contributed by atoms with Gasteiger partial charge in [-0.1, -0.05) is 31.6 Å². The predicted octanol–water partition coefficient (Wildman–Crippen LogP) is 3.05. The highest BCUT2D eigenvalue weighted by Gasteiger charge is 1.78. The van der Waals surface area contributed by atoms with E-state index in [0.29, 0.717) is 6.33 Å². The average molecular weight is 140 g/mol. The largest absolute Gasteiger partial charge is 0.215 e. The Morgan fingerprint density at radius 2 is 2.20 bits per heavy atom. The van der Waals surface area contributed by atoms with Crippen LogP contribution in [-0.2, 0) is 0 Å². The molecule has 0 aromatic carbocycles. The maximum Gasteiger partial charge on any atom is 0.0950 e. The third kappa shape index (κ3) is 7.23. The molecule has 0 aromatic heterocycles. The van der Waals surface area contributed by atoms with E-state index in [9.17, 15) is 4.39 Å². The first-order valence-electron chi connectivity index (χ1n) is 3.65. The maximum absolute atomic E-state index is 11.3. The van der Waals surface area contributed by atoms with Crippen LogP contribution in [-0.4, -0.2) is 0 Å². The minimum atomic E-state index is 0.465. The van der Waals surface area contributed by atoms with Gasteiger partial charge in [0, 0.05) is 12.5 Å². The zero-order valence-electron chi connectivity index (χ0n) is 6.36. The summed E-state index contributed by atoms with van der Waals surface area (Å²) in [6.07, 6.45) is 6.13. The van der Waals surface area contributed by atoms with Crippen molar-refractivity contribution in [3.05, 3.63) is 12.4 Å². The summed E-state index contributed by atoms with van der Waals surface area (Å²) >= 11 is 0. The second-order valence-corrected chi connectivity index (χ2v) is 2.07. The molecule has 0 fully saturated rings. The van der Waals surface area contributed by atoms with Crippen LogP contribution in [0.1, 0.15) is 32.6 Å². The highest BCUT2D eigenvalue weighted by molar-refractivity contribution is 5.13. The highest BCUT2D eigenvalue weighted by Crippen LogP contribution is 1.96. The summed E-state index contributed by atoms with van der Waals surface area (Å²) in [5.41, 5.74) is 0. The molecule has 0 aromatic rings. The molecule has 0 nitrogen and oxygen atoms in total. The lowest BCUT2D eigenvalue weighted by atomic mass is 10.2. The van der Waals surface area contributed by atoms with Crippen molar-refractivity contribution in [3.63, 3.8) is 0 Å². The van der Waals surface area contributed by atoms with Gasteiger partial charge in [-0.2, -0.15) is 0 Å². The lowest BCUT2D eigenvalue weighted by Crippen LogP contribution is -1.69. The average Bonchev–Trinajstić information content (AvgIpc) is 1.97. The molecule has 0 bridgehead atoms. The van der Waals surface area contributed by atoms with Gasteiger partial charge < -0.3 is 0 Å². The second-order valence-electron chi connectivity index (χ2n) is 2.07. The molecular formula is C9H13F. The Morgan fingerprint density at radius 3 is 2.80 bits per heavy atom. The standard InChI is InChI=1S/C9H13F/c1-2-3-4-5-6-7-8-9-10/h8-9H,2-5H2,1H3. The molecule has 0 saturated carbocycles. The molecule has 0 saturated heterocycles. The molecule has 0 amide bonds. The number of allylic oxidation sites excluding steroid dienone is 1. The predicted molar refractivity (Wildman–Crippen MR) is 42.2 cm³/mol. The van der Waals surface area contributed by atoms with Crippen molar-refractivity contribution in [2.75, 3.05) is 0 Å². The van der Waals surface area contributed by atoms with E-state index in [1.165, 1.54) is 18.9 Å². The van der Waals surface area contributed by atoms with Gasteiger partial charge in [0.2, 0.25) is 0 Å². The second kappa shape index (κ2) is 8.23. The first-order valence-corrected chi connectivity index (χ1v) is 3.65. The van der Waals surface area contributed by atoms with Crippen molar-refractivity contribution >= 4 is 0 Å². The van der Waals surface area contributed by atoms with E-state index in [1.54, 1.807) is 0 Å². The SMILES string of the molecule is CCCCCC#CC=CF. The molecule has 0 aliphatic heterocycles. The van der Waals surface area contributed by atoms with E-state index in [4.69, 9.17) is 0 Å².